The maximum atomic E-state index is 13.0. The van der Waals surface area contributed by atoms with Crippen molar-refractivity contribution < 1.29 is 14.3 Å². The number of rotatable bonds is 5. The van der Waals surface area contributed by atoms with Crippen molar-refractivity contribution in [3.63, 3.8) is 0 Å². The number of nitrogens with one attached hydrogen (secondary N) is 2. The second-order valence-corrected chi connectivity index (χ2v) is 9.33. The van der Waals surface area contributed by atoms with E-state index in [0.29, 0.717) is 24.6 Å². The normalized spacial score (nSPS) is 23.2. The summed E-state index contributed by atoms with van der Waals surface area (Å²) in [5.41, 5.74) is 1.11. The number of nitrogens with zero attached hydrogens (tertiary/aromatic N) is 1. The van der Waals surface area contributed by atoms with E-state index in [0.717, 1.165) is 24.2 Å². The molecular formula is C22H27N3O4S. The Balaban J connectivity index is 1.71. The molecule has 2 aliphatic heterocycles. The molecule has 1 aromatic carbocycles. The lowest BCUT2D eigenvalue weighted by molar-refractivity contribution is -0.113. The summed E-state index contributed by atoms with van der Waals surface area (Å²) in [6.07, 6.45) is 3.23. The molecule has 8 heteroatoms. The number of carbonyl (C=O) groups excluding carboxylic acids is 1. The number of ether oxygens (including phenoxy) is 2. The summed E-state index contributed by atoms with van der Waals surface area (Å²) in [6, 6.07) is 7.72. The first-order chi connectivity index (χ1) is 14.4. The third-order valence-corrected chi connectivity index (χ3v) is 6.72. The number of aromatic amines is 1. The van der Waals surface area contributed by atoms with E-state index in [2.05, 4.69) is 17.0 Å². The molecule has 1 saturated heterocycles. The van der Waals surface area contributed by atoms with Crippen molar-refractivity contribution in [2.24, 2.45) is 0 Å². The molecule has 160 valence electrons. The number of anilines is 1. The van der Waals surface area contributed by atoms with Crippen molar-refractivity contribution >= 4 is 23.5 Å². The summed E-state index contributed by atoms with van der Waals surface area (Å²) in [7, 11) is 0. The fraction of sp³-hybridized carbons (Fsp3) is 0.455. The molecule has 7 nitrogen and oxygen atoms in total. The Morgan fingerprint density at radius 2 is 2.10 bits per heavy atom. The van der Waals surface area contributed by atoms with Crippen LogP contribution >= 0.6 is 11.8 Å². The lowest BCUT2D eigenvalue weighted by atomic mass is 9.94. The van der Waals surface area contributed by atoms with Crippen molar-refractivity contribution in [1.82, 2.24) is 9.78 Å². The van der Waals surface area contributed by atoms with Gasteiger partial charge in [0.15, 0.2) is 0 Å². The van der Waals surface area contributed by atoms with Gasteiger partial charge < -0.3 is 14.8 Å². The minimum Gasteiger partial charge on any atom is -0.490 e. The zero-order chi connectivity index (χ0) is 21.3. The lowest BCUT2D eigenvalue weighted by Gasteiger charge is -2.36. The van der Waals surface area contributed by atoms with Crippen molar-refractivity contribution in [2.45, 2.75) is 43.6 Å². The number of hydrogen-bond acceptors (Lipinski definition) is 5. The number of benzene rings is 1. The van der Waals surface area contributed by atoms with Crippen molar-refractivity contribution in [2.75, 3.05) is 24.3 Å². The van der Waals surface area contributed by atoms with Crippen LogP contribution in [0.3, 0.4) is 0 Å². The number of hydrogen-bond donors (Lipinski definition) is 2. The highest BCUT2D eigenvalue weighted by molar-refractivity contribution is 8.00. The Bertz CT molecular complexity index is 993. The number of carbonyl (C=O) groups is 1. The molecule has 30 heavy (non-hydrogen) atoms. The third-order valence-electron chi connectivity index (χ3n) is 5.45. The molecule has 0 saturated carbocycles. The van der Waals surface area contributed by atoms with E-state index in [-0.39, 0.29) is 34.1 Å². The first-order valence-electron chi connectivity index (χ1n) is 10.1. The van der Waals surface area contributed by atoms with Gasteiger partial charge >= 0.3 is 0 Å². The maximum Gasteiger partial charge on any atom is 0.270 e. The average molecular weight is 430 g/mol. The Labute approximate surface area is 179 Å². The fourth-order valence-electron chi connectivity index (χ4n) is 4.09. The minimum atomic E-state index is -0.277. The molecule has 0 unspecified atom stereocenters. The van der Waals surface area contributed by atoms with Crippen molar-refractivity contribution in [1.29, 1.82) is 0 Å². The van der Waals surface area contributed by atoms with Crippen LogP contribution in [0.4, 0.5) is 5.82 Å². The first kappa shape index (κ1) is 20.8. The largest absolute Gasteiger partial charge is 0.490 e. The predicted octanol–water partition coefficient (Wildman–Crippen LogP) is 3.65. The highest BCUT2D eigenvalue weighted by Gasteiger charge is 2.35. The Hall–Kier alpha value is -2.45. The Kier molecular flexibility index (Phi) is 5.79. The smallest absolute Gasteiger partial charge is 0.270 e. The SMILES string of the molecule is C=CCOc1ccc([C@H]2SCC(=O)Nc3c2c(=O)[nH]n3[C@H]2CCOC(C)(C)C2)cc1. The molecule has 0 bridgehead atoms. The van der Waals surface area contributed by atoms with E-state index < -0.39 is 0 Å². The zero-order valence-electron chi connectivity index (χ0n) is 17.3. The van der Waals surface area contributed by atoms with Crippen LogP contribution < -0.4 is 15.6 Å². The van der Waals surface area contributed by atoms with E-state index in [1.807, 2.05) is 42.8 Å². The molecule has 0 spiro atoms. The number of aromatic nitrogens is 2. The molecule has 2 atom stereocenters. The van der Waals surface area contributed by atoms with Gasteiger partial charge in [-0.1, -0.05) is 24.8 Å². The fourth-order valence-corrected chi connectivity index (χ4v) is 5.22. The number of thioether (sulfide) groups is 1. The Morgan fingerprint density at radius 3 is 2.80 bits per heavy atom. The standard InChI is InChI=1S/C22H27N3O4S/c1-4-10-28-16-7-5-14(6-8-16)19-18-20(23-17(26)13-30-19)25(24-21(18)27)15-9-11-29-22(2,3)12-15/h4-8,15,19H,1,9-13H2,2-3H3,(H,23,26)(H,24,27)/t15-,19+/m0/s1. The van der Waals surface area contributed by atoms with Gasteiger partial charge in [0.25, 0.3) is 5.56 Å². The summed E-state index contributed by atoms with van der Waals surface area (Å²) >= 11 is 1.46. The summed E-state index contributed by atoms with van der Waals surface area (Å²) in [5, 5.41) is 5.72. The lowest BCUT2D eigenvalue weighted by Crippen LogP contribution is -2.36. The number of amides is 1. The van der Waals surface area contributed by atoms with Crippen LogP contribution in [0.1, 0.15) is 49.1 Å². The summed E-state index contributed by atoms with van der Waals surface area (Å²) in [6.45, 7) is 8.80. The van der Waals surface area contributed by atoms with Crippen molar-refractivity contribution in [3.8, 4) is 5.75 Å². The van der Waals surface area contributed by atoms with Gasteiger partial charge in [-0.05, 0) is 44.4 Å². The van der Waals surface area contributed by atoms with Gasteiger partial charge in [-0.3, -0.25) is 19.4 Å². The van der Waals surface area contributed by atoms with Gasteiger partial charge in [0.2, 0.25) is 5.91 Å². The maximum absolute atomic E-state index is 13.0. The van der Waals surface area contributed by atoms with Crippen LogP contribution in [0.5, 0.6) is 5.75 Å². The van der Waals surface area contributed by atoms with Crippen LogP contribution in [-0.4, -0.2) is 40.3 Å². The molecule has 4 rings (SSSR count). The molecule has 2 aliphatic rings. The molecule has 1 amide bonds. The van der Waals surface area contributed by atoms with Gasteiger partial charge in [0.05, 0.1) is 28.2 Å². The first-order valence-corrected chi connectivity index (χ1v) is 11.2. The number of fused-ring (bicyclic) bond motifs is 1. The third kappa shape index (κ3) is 4.20. The molecule has 2 aromatic rings. The van der Waals surface area contributed by atoms with E-state index in [1.54, 1.807) is 6.08 Å². The van der Waals surface area contributed by atoms with Crippen LogP contribution in [0.2, 0.25) is 0 Å². The summed E-state index contributed by atoms with van der Waals surface area (Å²) < 4.78 is 13.2. The van der Waals surface area contributed by atoms with Gasteiger partial charge in [-0.25, -0.2) is 0 Å². The molecule has 0 radical (unpaired) electrons. The van der Waals surface area contributed by atoms with E-state index in [9.17, 15) is 9.59 Å². The monoisotopic (exact) mass is 429 g/mol. The topological polar surface area (TPSA) is 85.4 Å². The zero-order valence-corrected chi connectivity index (χ0v) is 18.1. The molecule has 1 fully saturated rings. The quantitative estimate of drug-likeness (QED) is 0.709. The Morgan fingerprint density at radius 1 is 1.33 bits per heavy atom. The highest BCUT2D eigenvalue weighted by Crippen LogP contribution is 2.42. The second kappa shape index (κ2) is 8.35. The second-order valence-electron chi connectivity index (χ2n) is 8.24. The van der Waals surface area contributed by atoms with Crippen LogP contribution in [0.15, 0.2) is 41.7 Å². The average Bonchev–Trinajstić information content (AvgIpc) is 2.91. The highest BCUT2D eigenvalue weighted by atomic mass is 32.2. The van der Waals surface area contributed by atoms with Gasteiger partial charge in [0, 0.05) is 6.61 Å². The van der Waals surface area contributed by atoms with Gasteiger partial charge in [0.1, 0.15) is 18.2 Å². The minimum absolute atomic E-state index is 0.0592. The predicted molar refractivity (Wildman–Crippen MR) is 118 cm³/mol. The van der Waals surface area contributed by atoms with Crippen LogP contribution in [0, 0.1) is 0 Å². The van der Waals surface area contributed by atoms with Crippen LogP contribution in [0.25, 0.3) is 0 Å². The molecule has 1 aromatic heterocycles. The summed E-state index contributed by atoms with van der Waals surface area (Å²) in [4.78, 5) is 25.5. The van der Waals surface area contributed by atoms with Gasteiger partial charge in [-0.2, -0.15) is 0 Å². The molecule has 2 N–H and O–H groups in total. The van der Waals surface area contributed by atoms with Crippen molar-refractivity contribution in [3.05, 3.63) is 58.4 Å². The number of H-pyrrole nitrogens is 1. The van der Waals surface area contributed by atoms with Crippen LogP contribution in [-0.2, 0) is 9.53 Å². The van der Waals surface area contributed by atoms with Gasteiger partial charge in [-0.15, -0.1) is 11.8 Å². The molecular weight excluding hydrogens is 402 g/mol. The summed E-state index contributed by atoms with van der Waals surface area (Å²) in [5.74, 6) is 1.50. The molecule has 3 heterocycles. The van der Waals surface area contributed by atoms with E-state index >= 15 is 0 Å². The molecule has 0 aliphatic carbocycles. The van der Waals surface area contributed by atoms with E-state index in [4.69, 9.17) is 9.47 Å². The van der Waals surface area contributed by atoms with E-state index in [1.165, 1.54) is 11.8 Å².